The molecule has 2 aromatic carbocycles. The van der Waals surface area contributed by atoms with E-state index in [1.165, 1.54) is 16.5 Å². The van der Waals surface area contributed by atoms with Crippen LogP contribution >= 0.6 is 0 Å². The number of aliphatic carboxylic acids is 2. The van der Waals surface area contributed by atoms with Gasteiger partial charge in [-0.05, 0) is 24.1 Å². The molecule has 1 aromatic heterocycles. The molecule has 5 rings (SSSR count). The second-order valence-electron chi connectivity index (χ2n) is 9.31. The molecule has 39 heavy (non-hydrogen) atoms. The van der Waals surface area contributed by atoms with Crippen molar-refractivity contribution in [2.75, 3.05) is 46.6 Å². The predicted octanol–water partition coefficient (Wildman–Crippen LogP) is 1.14. The molecule has 1 saturated heterocycles. The minimum atomic E-state index is -2.27. The van der Waals surface area contributed by atoms with E-state index in [2.05, 4.69) is 39.2 Å². The number of hydrogen-bond acceptors (Lipinski definition) is 9. The maximum absolute atomic E-state index is 9.77. The number of aromatic nitrogens is 1. The van der Waals surface area contributed by atoms with Crippen molar-refractivity contribution in [2.45, 2.75) is 25.2 Å². The molecule has 3 heterocycles. The van der Waals surface area contributed by atoms with Crippen LogP contribution in [0.3, 0.4) is 0 Å². The Morgan fingerprint density at radius 1 is 0.949 bits per heavy atom. The first kappa shape index (κ1) is 28.2. The van der Waals surface area contributed by atoms with Crippen LogP contribution in [0.1, 0.15) is 11.1 Å². The third kappa shape index (κ3) is 6.98. The molecule has 3 aromatic rings. The Bertz CT molecular complexity index is 1270. The minimum absolute atomic E-state index is 0.316. The summed E-state index contributed by atoms with van der Waals surface area (Å²) in [6, 6.07) is 12.5. The van der Waals surface area contributed by atoms with E-state index >= 15 is 0 Å². The van der Waals surface area contributed by atoms with Crippen LogP contribution in [0.4, 0.5) is 0 Å². The first-order chi connectivity index (χ1) is 18.8. The maximum Gasteiger partial charge on any atom is 0.335 e. The average molecular weight is 544 g/mol. The van der Waals surface area contributed by atoms with Gasteiger partial charge in [-0.15, -0.1) is 0 Å². The summed E-state index contributed by atoms with van der Waals surface area (Å²) < 4.78 is 16.5. The zero-order valence-electron chi connectivity index (χ0n) is 21.6. The van der Waals surface area contributed by atoms with Gasteiger partial charge in [-0.2, -0.15) is 0 Å². The average Bonchev–Trinajstić information content (AvgIpc) is 3.57. The number of piperazine rings is 1. The van der Waals surface area contributed by atoms with E-state index in [0.717, 1.165) is 68.5 Å². The normalized spacial score (nSPS) is 16.8. The summed E-state index contributed by atoms with van der Waals surface area (Å²) in [5, 5.41) is 33.8. The van der Waals surface area contributed by atoms with Gasteiger partial charge in [-0.1, -0.05) is 18.2 Å². The van der Waals surface area contributed by atoms with Crippen LogP contribution in [0.15, 0.2) is 42.6 Å². The second-order valence-corrected chi connectivity index (χ2v) is 9.31. The van der Waals surface area contributed by atoms with E-state index in [9.17, 15) is 9.59 Å². The fourth-order valence-corrected chi connectivity index (χ4v) is 4.57. The number of aromatic amines is 1. The Kier molecular flexibility index (Phi) is 9.25. The molecule has 1 fully saturated rings. The summed E-state index contributed by atoms with van der Waals surface area (Å²) in [7, 11) is 1.74. The smallest absolute Gasteiger partial charge is 0.335 e. The lowest BCUT2D eigenvalue weighted by Crippen LogP contribution is -2.46. The molecule has 0 unspecified atom stereocenters. The highest BCUT2D eigenvalue weighted by molar-refractivity contribution is 5.87. The lowest BCUT2D eigenvalue weighted by atomic mass is 10.1. The molecular formula is C27H33N3O9. The number of carboxylic acid groups (broad SMARTS) is 2. The highest BCUT2D eigenvalue weighted by Crippen LogP contribution is 2.37. The monoisotopic (exact) mass is 543 g/mol. The van der Waals surface area contributed by atoms with Crippen molar-refractivity contribution < 1.29 is 44.2 Å². The van der Waals surface area contributed by atoms with Gasteiger partial charge in [0, 0.05) is 68.0 Å². The quantitative estimate of drug-likeness (QED) is 0.263. The van der Waals surface area contributed by atoms with Crippen molar-refractivity contribution in [2.24, 2.45) is 0 Å². The number of carboxylic acids is 2. The molecule has 5 N–H and O–H groups in total. The van der Waals surface area contributed by atoms with Gasteiger partial charge in [0.25, 0.3) is 0 Å². The van der Waals surface area contributed by atoms with Crippen LogP contribution in [-0.4, -0.2) is 106 Å². The molecule has 0 saturated carbocycles. The maximum atomic E-state index is 9.77. The number of nitrogens with one attached hydrogen (secondary N) is 1. The third-order valence-electron chi connectivity index (χ3n) is 6.81. The second kappa shape index (κ2) is 12.8. The highest BCUT2D eigenvalue weighted by atomic mass is 16.7. The van der Waals surface area contributed by atoms with E-state index in [1.807, 2.05) is 18.2 Å². The molecule has 0 aliphatic carbocycles. The van der Waals surface area contributed by atoms with Crippen molar-refractivity contribution in [1.29, 1.82) is 0 Å². The van der Waals surface area contributed by atoms with Gasteiger partial charge in [0.15, 0.2) is 23.7 Å². The number of H-pyrrole nitrogens is 1. The molecule has 0 bridgehead atoms. The van der Waals surface area contributed by atoms with Crippen molar-refractivity contribution in [1.82, 2.24) is 14.8 Å². The van der Waals surface area contributed by atoms with Crippen LogP contribution < -0.4 is 14.2 Å². The van der Waals surface area contributed by atoms with Crippen LogP contribution in [0.25, 0.3) is 10.9 Å². The van der Waals surface area contributed by atoms with Gasteiger partial charge >= 0.3 is 11.9 Å². The predicted molar refractivity (Wildman–Crippen MR) is 140 cm³/mol. The zero-order valence-corrected chi connectivity index (χ0v) is 21.6. The van der Waals surface area contributed by atoms with Gasteiger partial charge < -0.3 is 44.5 Å². The third-order valence-corrected chi connectivity index (χ3v) is 6.81. The standard InChI is InChI=1S/C23H27N3O3.C4H6O6/c1-27-21-5-3-2-4-18(21)15-26-10-8-25(9-11-26)7-6-17-14-24-20-13-23-22(12-19(17)20)28-16-29-23;5-1(3(7)8)2(6)4(9)10/h2-5,12-14,24H,6-11,15-16H2,1H3;1-2,5-6H,(H,7,8)(H,9,10)/t;1-,2-/m.0/s1. The number of nitrogens with zero attached hydrogens (tertiary/aromatic N) is 2. The molecule has 0 spiro atoms. The summed E-state index contributed by atoms with van der Waals surface area (Å²) in [6.45, 7) is 6.72. The first-order valence-corrected chi connectivity index (χ1v) is 12.5. The number of ether oxygens (including phenoxy) is 3. The van der Waals surface area contributed by atoms with Crippen LogP contribution in [0.5, 0.6) is 17.2 Å². The topological polar surface area (TPSA) is 165 Å². The van der Waals surface area contributed by atoms with E-state index in [-0.39, 0.29) is 0 Å². The van der Waals surface area contributed by atoms with Gasteiger partial charge in [0.1, 0.15) is 5.75 Å². The molecule has 12 nitrogen and oxygen atoms in total. The molecular weight excluding hydrogens is 510 g/mol. The number of rotatable bonds is 9. The summed E-state index contributed by atoms with van der Waals surface area (Å²) >= 11 is 0. The van der Waals surface area contributed by atoms with Gasteiger partial charge in [0.05, 0.1) is 7.11 Å². The molecule has 0 radical (unpaired) electrons. The SMILES string of the molecule is COc1ccccc1CN1CCN(CCc2c[nH]c3cc4c(cc23)OCO4)CC1.O=C(O)[C@@H](O)[C@H](O)C(=O)O. The zero-order chi connectivity index (χ0) is 27.9. The Morgan fingerprint density at radius 3 is 2.21 bits per heavy atom. The number of para-hydroxylation sites is 1. The number of benzene rings is 2. The molecule has 2 aliphatic heterocycles. The number of carbonyl (C=O) groups is 2. The van der Waals surface area contributed by atoms with E-state index in [1.54, 1.807) is 7.11 Å². The number of aliphatic hydroxyl groups is 2. The lowest BCUT2D eigenvalue weighted by Gasteiger charge is -2.34. The lowest BCUT2D eigenvalue weighted by molar-refractivity contribution is -0.165. The Hall–Kier alpha value is -3.84. The molecule has 2 aliphatic rings. The van der Waals surface area contributed by atoms with Crippen molar-refractivity contribution in [3.05, 3.63) is 53.7 Å². The number of aliphatic hydroxyl groups excluding tert-OH is 2. The Balaban J connectivity index is 0.000000303. The van der Waals surface area contributed by atoms with E-state index < -0.39 is 24.1 Å². The summed E-state index contributed by atoms with van der Waals surface area (Å²) in [5.41, 5.74) is 3.72. The summed E-state index contributed by atoms with van der Waals surface area (Å²) in [4.78, 5) is 28.0. The van der Waals surface area contributed by atoms with Crippen LogP contribution in [0, 0.1) is 0 Å². The largest absolute Gasteiger partial charge is 0.496 e. The minimum Gasteiger partial charge on any atom is -0.496 e. The van der Waals surface area contributed by atoms with E-state index in [0.29, 0.717) is 6.79 Å². The fraction of sp³-hybridized carbons (Fsp3) is 0.407. The van der Waals surface area contributed by atoms with Crippen LogP contribution in [-0.2, 0) is 22.6 Å². The molecule has 0 amide bonds. The summed E-state index contributed by atoms with van der Waals surface area (Å²) in [5.74, 6) is -0.875. The van der Waals surface area contributed by atoms with Gasteiger partial charge in [-0.3, -0.25) is 4.90 Å². The van der Waals surface area contributed by atoms with Crippen LogP contribution in [0.2, 0.25) is 0 Å². The molecule has 210 valence electrons. The van der Waals surface area contributed by atoms with Crippen molar-refractivity contribution in [3.8, 4) is 17.2 Å². The van der Waals surface area contributed by atoms with Gasteiger partial charge in [0.2, 0.25) is 6.79 Å². The Morgan fingerprint density at radius 2 is 1.56 bits per heavy atom. The number of hydrogen-bond donors (Lipinski definition) is 5. The number of fused-ring (bicyclic) bond motifs is 2. The first-order valence-electron chi connectivity index (χ1n) is 12.5. The van der Waals surface area contributed by atoms with Gasteiger partial charge in [-0.25, -0.2) is 9.59 Å². The van der Waals surface area contributed by atoms with Crippen molar-refractivity contribution >= 4 is 22.8 Å². The fourth-order valence-electron chi connectivity index (χ4n) is 4.57. The van der Waals surface area contributed by atoms with E-state index in [4.69, 9.17) is 34.6 Å². The Labute approximate surface area is 224 Å². The van der Waals surface area contributed by atoms with Crippen molar-refractivity contribution in [3.63, 3.8) is 0 Å². The highest BCUT2D eigenvalue weighted by Gasteiger charge is 2.29. The molecule has 12 heteroatoms. The number of methoxy groups -OCH3 is 1. The summed E-state index contributed by atoms with van der Waals surface area (Å²) in [6.07, 6.45) is -1.38. The molecule has 2 atom stereocenters.